The third-order valence-corrected chi connectivity index (χ3v) is 4.90. The Morgan fingerprint density at radius 3 is 2.67 bits per heavy atom. The summed E-state index contributed by atoms with van der Waals surface area (Å²) in [6.07, 6.45) is 0. The molecule has 1 unspecified atom stereocenters. The number of amides is 1. The summed E-state index contributed by atoms with van der Waals surface area (Å²) in [6.45, 7) is 2.35. The lowest BCUT2D eigenvalue weighted by molar-refractivity contribution is -0.124. The van der Waals surface area contributed by atoms with Crippen LogP contribution in [0.3, 0.4) is 0 Å². The van der Waals surface area contributed by atoms with Crippen molar-refractivity contribution in [3.8, 4) is 17.2 Å². The quantitative estimate of drug-likeness (QED) is 0.630. The second kappa shape index (κ2) is 8.32. The third-order valence-electron chi connectivity index (χ3n) is 4.90. The van der Waals surface area contributed by atoms with E-state index in [1.54, 1.807) is 24.3 Å². The number of carbonyl (C=O) groups is 2. The zero-order valence-corrected chi connectivity index (χ0v) is 16.4. The summed E-state index contributed by atoms with van der Waals surface area (Å²) in [5.41, 5.74) is 0.854. The van der Waals surface area contributed by atoms with Gasteiger partial charge in [-0.1, -0.05) is 36.4 Å². The van der Waals surface area contributed by atoms with E-state index in [1.807, 2.05) is 31.2 Å². The van der Waals surface area contributed by atoms with E-state index in [2.05, 4.69) is 5.32 Å². The number of benzene rings is 3. The van der Waals surface area contributed by atoms with Gasteiger partial charge >= 0.3 is 5.97 Å². The SMILES string of the molecule is CC(NC(=O)COC(=O)c1ccc2ccccc2c1O)c1ccc2c(c1)OCCO2. The van der Waals surface area contributed by atoms with Crippen LogP contribution in [0.1, 0.15) is 28.9 Å². The molecule has 1 heterocycles. The van der Waals surface area contributed by atoms with Gasteiger partial charge in [-0.2, -0.15) is 0 Å². The topological polar surface area (TPSA) is 94.1 Å². The van der Waals surface area contributed by atoms with Crippen LogP contribution in [0, 0.1) is 0 Å². The van der Waals surface area contributed by atoms with Gasteiger partial charge in [-0.05, 0) is 36.1 Å². The molecule has 7 heteroatoms. The van der Waals surface area contributed by atoms with E-state index in [1.165, 1.54) is 6.07 Å². The van der Waals surface area contributed by atoms with Crippen LogP contribution in [0.15, 0.2) is 54.6 Å². The van der Waals surface area contributed by atoms with Crippen LogP contribution in [-0.4, -0.2) is 36.8 Å². The van der Waals surface area contributed by atoms with E-state index >= 15 is 0 Å². The van der Waals surface area contributed by atoms with E-state index in [-0.39, 0.29) is 17.4 Å². The highest BCUT2D eigenvalue weighted by Gasteiger charge is 2.19. The minimum atomic E-state index is -0.764. The molecule has 0 saturated heterocycles. The first-order valence-corrected chi connectivity index (χ1v) is 9.59. The fourth-order valence-corrected chi connectivity index (χ4v) is 3.32. The minimum Gasteiger partial charge on any atom is -0.506 e. The van der Waals surface area contributed by atoms with Crippen molar-refractivity contribution in [1.29, 1.82) is 0 Å². The smallest absolute Gasteiger partial charge is 0.342 e. The average molecular weight is 407 g/mol. The van der Waals surface area contributed by atoms with Gasteiger partial charge in [0, 0.05) is 5.39 Å². The molecular formula is C23H21NO6. The summed E-state index contributed by atoms with van der Waals surface area (Å²) < 4.78 is 16.1. The number of rotatable bonds is 5. The van der Waals surface area contributed by atoms with Crippen molar-refractivity contribution in [1.82, 2.24) is 5.32 Å². The second-order valence-corrected chi connectivity index (χ2v) is 6.95. The van der Waals surface area contributed by atoms with Crippen molar-refractivity contribution in [3.63, 3.8) is 0 Å². The van der Waals surface area contributed by atoms with Crippen LogP contribution < -0.4 is 14.8 Å². The van der Waals surface area contributed by atoms with E-state index in [4.69, 9.17) is 14.2 Å². The maximum atomic E-state index is 12.3. The van der Waals surface area contributed by atoms with Gasteiger partial charge in [0.15, 0.2) is 18.1 Å². The molecule has 0 radical (unpaired) electrons. The number of nitrogens with one attached hydrogen (secondary N) is 1. The van der Waals surface area contributed by atoms with Crippen molar-refractivity contribution in [3.05, 3.63) is 65.7 Å². The fourth-order valence-electron chi connectivity index (χ4n) is 3.32. The Morgan fingerprint density at radius 1 is 1.07 bits per heavy atom. The van der Waals surface area contributed by atoms with Gasteiger partial charge in [-0.3, -0.25) is 4.79 Å². The molecule has 1 aliphatic heterocycles. The maximum absolute atomic E-state index is 12.3. The van der Waals surface area contributed by atoms with Crippen LogP contribution in [0.4, 0.5) is 0 Å². The zero-order chi connectivity index (χ0) is 21.1. The Hall–Kier alpha value is -3.74. The summed E-state index contributed by atoms with van der Waals surface area (Å²) in [6, 6.07) is 15.5. The first kappa shape index (κ1) is 19.6. The fraction of sp³-hybridized carbons (Fsp3) is 0.217. The van der Waals surface area contributed by atoms with E-state index in [0.29, 0.717) is 30.1 Å². The van der Waals surface area contributed by atoms with Crippen LogP contribution in [0.2, 0.25) is 0 Å². The number of carbonyl (C=O) groups excluding carboxylic acids is 2. The Labute approximate surface area is 173 Å². The first-order valence-electron chi connectivity index (χ1n) is 9.59. The van der Waals surface area contributed by atoms with Gasteiger partial charge < -0.3 is 24.6 Å². The number of phenolic OH excluding ortho intramolecular Hbond substituents is 1. The van der Waals surface area contributed by atoms with Crippen LogP contribution in [0.25, 0.3) is 10.8 Å². The second-order valence-electron chi connectivity index (χ2n) is 6.95. The van der Waals surface area contributed by atoms with E-state index in [9.17, 15) is 14.7 Å². The van der Waals surface area contributed by atoms with Crippen LogP contribution in [-0.2, 0) is 9.53 Å². The maximum Gasteiger partial charge on any atom is 0.342 e. The summed E-state index contributed by atoms with van der Waals surface area (Å²) in [4.78, 5) is 24.6. The summed E-state index contributed by atoms with van der Waals surface area (Å²) in [5.74, 6) is -0.0692. The molecule has 4 rings (SSSR count). The largest absolute Gasteiger partial charge is 0.506 e. The lowest BCUT2D eigenvalue weighted by atomic mass is 10.1. The van der Waals surface area contributed by atoms with E-state index in [0.717, 1.165) is 10.9 Å². The Bertz CT molecular complexity index is 1110. The molecule has 1 amide bonds. The van der Waals surface area contributed by atoms with Crippen molar-refractivity contribution in [2.75, 3.05) is 19.8 Å². The molecule has 3 aromatic rings. The molecule has 0 bridgehead atoms. The molecule has 1 atom stereocenters. The molecule has 7 nitrogen and oxygen atoms in total. The Kier molecular flexibility index (Phi) is 5.43. The molecule has 2 N–H and O–H groups in total. The van der Waals surface area contributed by atoms with Gasteiger partial charge in [-0.25, -0.2) is 4.79 Å². The van der Waals surface area contributed by atoms with Gasteiger partial charge in [0.1, 0.15) is 24.5 Å². The standard InChI is InChI=1S/C23H21NO6/c1-14(16-7-9-19-20(12-16)29-11-10-28-19)24-21(25)13-30-23(27)18-8-6-15-4-2-3-5-17(15)22(18)26/h2-9,12,14,26H,10-11,13H2,1H3,(H,24,25). The van der Waals surface area contributed by atoms with Crippen molar-refractivity contribution in [2.45, 2.75) is 13.0 Å². The van der Waals surface area contributed by atoms with Gasteiger partial charge in [0.25, 0.3) is 5.91 Å². The molecule has 0 saturated carbocycles. The highest BCUT2D eigenvalue weighted by molar-refractivity contribution is 6.01. The Balaban J connectivity index is 1.36. The molecule has 3 aromatic carbocycles. The predicted octanol–water partition coefficient (Wildman–Crippen LogP) is 3.35. The molecule has 0 fully saturated rings. The number of ether oxygens (including phenoxy) is 3. The number of aromatic hydroxyl groups is 1. The predicted molar refractivity (Wildman–Crippen MR) is 110 cm³/mol. The number of fused-ring (bicyclic) bond motifs is 2. The zero-order valence-electron chi connectivity index (χ0n) is 16.4. The third kappa shape index (κ3) is 4.00. The molecule has 1 aliphatic rings. The van der Waals surface area contributed by atoms with Gasteiger partial charge in [0.05, 0.1) is 6.04 Å². The summed E-state index contributed by atoms with van der Waals surface area (Å²) in [7, 11) is 0. The normalized spacial score (nSPS) is 13.5. The molecule has 0 aliphatic carbocycles. The highest BCUT2D eigenvalue weighted by atomic mass is 16.6. The molecular weight excluding hydrogens is 386 g/mol. The monoisotopic (exact) mass is 407 g/mol. The summed E-state index contributed by atoms with van der Waals surface area (Å²) >= 11 is 0. The molecule has 0 spiro atoms. The number of esters is 1. The number of hydrogen-bond acceptors (Lipinski definition) is 6. The number of phenols is 1. The van der Waals surface area contributed by atoms with Gasteiger partial charge in [-0.15, -0.1) is 0 Å². The average Bonchev–Trinajstić information content (AvgIpc) is 2.77. The van der Waals surface area contributed by atoms with Gasteiger partial charge in [0.2, 0.25) is 0 Å². The van der Waals surface area contributed by atoms with Crippen molar-refractivity contribution in [2.24, 2.45) is 0 Å². The Morgan fingerprint density at radius 2 is 1.83 bits per heavy atom. The first-order chi connectivity index (χ1) is 14.5. The van der Waals surface area contributed by atoms with E-state index < -0.39 is 18.5 Å². The molecule has 30 heavy (non-hydrogen) atoms. The lowest BCUT2D eigenvalue weighted by Gasteiger charge is -2.21. The molecule has 0 aromatic heterocycles. The van der Waals surface area contributed by atoms with Crippen LogP contribution >= 0.6 is 0 Å². The summed E-state index contributed by atoms with van der Waals surface area (Å²) in [5, 5.41) is 14.5. The van der Waals surface area contributed by atoms with Crippen molar-refractivity contribution < 1.29 is 28.9 Å². The lowest BCUT2D eigenvalue weighted by Crippen LogP contribution is -2.31. The minimum absolute atomic E-state index is 0.0152. The number of hydrogen-bond donors (Lipinski definition) is 2. The van der Waals surface area contributed by atoms with Crippen LogP contribution in [0.5, 0.6) is 17.2 Å². The highest BCUT2D eigenvalue weighted by Crippen LogP contribution is 2.32. The van der Waals surface area contributed by atoms with Crippen molar-refractivity contribution >= 4 is 22.6 Å². The molecule has 154 valence electrons.